The number of allylic oxidation sites excluding steroid dienone is 3. The highest BCUT2D eigenvalue weighted by molar-refractivity contribution is 5.98. The van der Waals surface area contributed by atoms with Gasteiger partial charge in [-0.3, -0.25) is 4.98 Å². The van der Waals surface area contributed by atoms with Gasteiger partial charge in [0.1, 0.15) is 5.84 Å². The van der Waals surface area contributed by atoms with Crippen LogP contribution in [0.15, 0.2) is 53.9 Å². The van der Waals surface area contributed by atoms with Gasteiger partial charge in [-0.05, 0) is 31.2 Å². The zero-order valence-electron chi connectivity index (χ0n) is 12.6. The Morgan fingerprint density at radius 3 is 2.85 bits per heavy atom. The highest BCUT2D eigenvalue weighted by atomic mass is 15.2. The molecule has 0 spiro atoms. The fraction of sp³-hybridized carbons (Fsp3) is 0.375. The lowest BCUT2D eigenvalue weighted by molar-refractivity contribution is 0.453. The summed E-state index contributed by atoms with van der Waals surface area (Å²) < 4.78 is 0. The number of aliphatic imine (C=N–C) groups is 1. The van der Waals surface area contributed by atoms with E-state index < -0.39 is 0 Å². The van der Waals surface area contributed by atoms with Crippen molar-refractivity contribution in [2.24, 2.45) is 4.99 Å². The van der Waals surface area contributed by atoms with Crippen LogP contribution in [0, 0.1) is 0 Å². The van der Waals surface area contributed by atoms with Gasteiger partial charge >= 0.3 is 0 Å². The van der Waals surface area contributed by atoms with E-state index in [1.807, 2.05) is 31.5 Å². The van der Waals surface area contributed by atoms with Gasteiger partial charge in [0.15, 0.2) is 0 Å². The van der Waals surface area contributed by atoms with Crippen molar-refractivity contribution in [2.45, 2.75) is 20.3 Å². The Kier molecular flexibility index (Phi) is 7.29. The number of nitrogens with zero attached hydrogens (tertiary/aromatic N) is 3. The molecule has 1 heterocycles. The summed E-state index contributed by atoms with van der Waals surface area (Å²) in [7, 11) is 2.02. The van der Waals surface area contributed by atoms with E-state index in [0.717, 1.165) is 36.7 Å². The smallest absolute Gasteiger partial charge is 0.138 e. The molecule has 0 aliphatic carbocycles. The Morgan fingerprint density at radius 2 is 2.30 bits per heavy atom. The number of aromatic nitrogens is 1. The van der Waals surface area contributed by atoms with Crippen LogP contribution >= 0.6 is 0 Å². The average molecular weight is 272 g/mol. The first kappa shape index (κ1) is 16.1. The fourth-order valence-corrected chi connectivity index (χ4v) is 1.73. The highest BCUT2D eigenvalue weighted by Gasteiger charge is 2.09. The minimum Gasteiger partial charge on any atom is -0.346 e. The molecule has 1 aromatic heterocycles. The van der Waals surface area contributed by atoms with Gasteiger partial charge in [-0.25, -0.2) is 4.99 Å². The summed E-state index contributed by atoms with van der Waals surface area (Å²) in [6.07, 6.45) is 8.18. The lowest BCUT2D eigenvalue weighted by Crippen LogP contribution is -2.36. The molecule has 0 aromatic carbocycles. The molecule has 1 aromatic rings. The van der Waals surface area contributed by atoms with Crippen LogP contribution in [0.3, 0.4) is 0 Å². The summed E-state index contributed by atoms with van der Waals surface area (Å²) in [5.74, 6) is 0.911. The van der Waals surface area contributed by atoms with Crippen molar-refractivity contribution in [1.82, 2.24) is 15.2 Å². The van der Waals surface area contributed by atoms with Crippen molar-refractivity contribution in [2.75, 3.05) is 20.3 Å². The molecular weight excluding hydrogens is 248 g/mol. The quantitative estimate of drug-likeness (QED) is 0.359. The molecule has 0 radical (unpaired) electrons. The van der Waals surface area contributed by atoms with E-state index in [9.17, 15) is 0 Å². The van der Waals surface area contributed by atoms with Gasteiger partial charge in [0.25, 0.3) is 0 Å². The van der Waals surface area contributed by atoms with Crippen LogP contribution in [0.25, 0.3) is 0 Å². The topological polar surface area (TPSA) is 40.5 Å². The average Bonchev–Trinajstić information content (AvgIpc) is 2.49. The van der Waals surface area contributed by atoms with E-state index >= 15 is 0 Å². The summed E-state index contributed by atoms with van der Waals surface area (Å²) in [6, 6.07) is 3.95. The van der Waals surface area contributed by atoms with Crippen molar-refractivity contribution >= 4 is 5.84 Å². The Bertz CT molecular complexity index is 463. The lowest BCUT2D eigenvalue weighted by atomic mass is 10.2. The molecule has 1 rings (SSSR count). The van der Waals surface area contributed by atoms with Crippen LogP contribution in [-0.4, -0.2) is 36.0 Å². The van der Waals surface area contributed by atoms with Gasteiger partial charge in [0.05, 0.1) is 6.67 Å². The van der Waals surface area contributed by atoms with Crippen LogP contribution in [0.4, 0.5) is 0 Å². The molecule has 0 saturated carbocycles. The Hall–Kier alpha value is -1.94. The molecule has 0 unspecified atom stereocenters. The predicted molar refractivity (Wildman–Crippen MR) is 85.7 cm³/mol. The molecule has 108 valence electrons. The summed E-state index contributed by atoms with van der Waals surface area (Å²) in [6.45, 7) is 9.58. The third-order valence-electron chi connectivity index (χ3n) is 2.80. The maximum absolute atomic E-state index is 4.76. The molecule has 4 nitrogen and oxygen atoms in total. The minimum absolute atomic E-state index is 0.745. The monoisotopic (exact) mass is 272 g/mol. The van der Waals surface area contributed by atoms with E-state index in [0.29, 0.717) is 0 Å². The molecule has 0 saturated heterocycles. The van der Waals surface area contributed by atoms with Crippen molar-refractivity contribution in [3.05, 3.63) is 54.5 Å². The van der Waals surface area contributed by atoms with Crippen molar-refractivity contribution < 1.29 is 0 Å². The number of rotatable bonds is 7. The number of nitrogens with one attached hydrogen (secondary N) is 1. The SMILES string of the molecule is C=C/C=C(CC)/N=C(/c1cccnc1)N(C)CNCC. The molecule has 4 heteroatoms. The Labute approximate surface area is 121 Å². The number of hydrogen-bond donors (Lipinski definition) is 1. The lowest BCUT2D eigenvalue weighted by Gasteiger charge is -2.22. The summed E-state index contributed by atoms with van der Waals surface area (Å²) in [4.78, 5) is 11.0. The molecule has 1 N–H and O–H groups in total. The van der Waals surface area contributed by atoms with Gasteiger partial charge in [-0.2, -0.15) is 0 Å². The second-order valence-electron chi connectivity index (χ2n) is 4.38. The minimum atomic E-state index is 0.745. The molecule has 20 heavy (non-hydrogen) atoms. The number of hydrogen-bond acceptors (Lipinski definition) is 3. The zero-order valence-corrected chi connectivity index (χ0v) is 12.6. The Balaban J connectivity index is 3.10. The van der Waals surface area contributed by atoms with Gasteiger partial charge in [-0.15, -0.1) is 0 Å². The number of amidine groups is 1. The van der Waals surface area contributed by atoms with E-state index in [-0.39, 0.29) is 0 Å². The largest absolute Gasteiger partial charge is 0.346 e. The van der Waals surface area contributed by atoms with Crippen LogP contribution in [0.1, 0.15) is 25.8 Å². The second kappa shape index (κ2) is 9.04. The third-order valence-corrected chi connectivity index (χ3v) is 2.80. The number of pyridine rings is 1. The van der Waals surface area contributed by atoms with Gasteiger partial charge in [0.2, 0.25) is 0 Å². The molecule has 0 fully saturated rings. The second-order valence-corrected chi connectivity index (χ2v) is 4.38. The van der Waals surface area contributed by atoms with Crippen LogP contribution < -0.4 is 5.32 Å². The van der Waals surface area contributed by atoms with E-state index in [1.54, 1.807) is 12.3 Å². The van der Waals surface area contributed by atoms with Crippen molar-refractivity contribution in [3.8, 4) is 0 Å². The van der Waals surface area contributed by atoms with Crippen LogP contribution in [0.2, 0.25) is 0 Å². The molecule has 0 aliphatic heterocycles. The molecule has 0 atom stereocenters. The normalized spacial score (nSPS) is 12.3. The first-order valence-electron chi connectivity index (χ1n) is 6.95. The predicted octanol–water partition coefficient (Wildman–Crippen LogP) is 2.81. The van der Waals surface area contributed by atoms with E-state index in [1.165, 1.54) is 0 Å². The Morgan fingerprint density at radius 1 is 1.50 bits per heavy atom. The molecule has 0 aliphatic rings. The summed E-state index contributed by atoms with van der Waals surface area (Å²) >= 11 is 0. The maximum Gasteiger partial charge on any atom is 0.138 e. The van der Waals surface area contributed by atoms with Gasteiger partial charge < -0.3 is 10.2 Å². The molecule has 0 bridgehead atoms. The standard InChI is InChI=1S/C16H24N4/c1-5-9-15(6-2)19-16(20(4)13-17-7-3)14-10-8-11-18-12-14/h5,8-12,17H,1,6-7,13H2,2-4H3/b15-9+,19-16-. The van der Waals surface area contributed by atoms with E-state index in [4.69, 9.17) is 4.99 Å². The highest BCUT2D eigenvalue weighted by Crippen LogP contribution is 2.09. The van der Waals surface area contributed by atoms with Crippen molar-refractivity contribution in [3.63, 3.8) is 0 Å². The third kappa shape index (κ3) is 4.97. The first-order chi connectivity index (χ1) is 9.72. The summed E-state index contributed by atoms with van der Waals surface area (Å²) in [5, 5.41) is 3.31. The molecule has 0 amide bonds. The van der Waals surface area contributed by atoms with Gasteiger partial charge in [0, 0.05) is 30.7 Å². The zero-order chi connectivity index (χ0) is 14.8. The fourth-order valence-electron chi connectivity index (χ4n) is 1.73. The first-order valence-corrected chi connectivity index (χ1v) is 6.95. The summed E-state index contributed by atoms with van der Waals surface area (Å²) in [5.41, 5.74) is 2.01. The molecular formula is C16H24N4. The van der Waals surface area contributed by atoms with Crippen molar-refractivity contribution in [1.29, 1.82) is 0 Å². The maximum atomic E-state index is 4.76. The van der Waals surface area contributed by atoms with E-state index in [2.05, 4.69) is 35.6 Å². The van der Waals surface area contributed by atoms with Crippen LogP contribution in [0.5, 0.6) is 0 Å². The van der Waals surface area contributed by atoms with Gasteiger partial charge in [-0.1, -0.05) is 26.5 Å². The van der Waals surface area contributed by atoms with Crippen LogP contribution in [-0.2, 0) is 0 Å².